The van der Waals surface area contributed by atoms with Crippen molar-refractivity contribution in [2.75, 3.05) is 27.2 Å². The summed E-state index contributed by atoms with van der Waals surface area (Å²) in [6, 6.07) is 0.107. The molecule has 1 aliphatic heterocycles. The SMILES string of the molecule is CCN(C)C1CC(C(=O)O)N(C)C1. The Labute approximate surface area is 79.1 Å². The van der Waals surface area contributed by atoms with Crippen LogP contribution in [0.2, 0.25) is 0 Å². The van der Waals surface area contributed by atoms with Crippen molar-refractivity contribution in [1.29, 1.82) is 0 Å². The molecule has 0 aromatic rings. The molecule has 1 heterocycles. The van der Waals surface area contributed by atoms with E-state index in [1.54, 1.807) is 0 Å². The van der Waals surface area contributed by atoms with Crippen LogP contribution < -0.4 is 0 Å². The third-order valence-electron chi connectivity index (χ3n) is 2.93. The van der Waals surface area contributed by atoms with E-state index in [0.717, 1.165) is 19.5 Å². The molecule has 1 aliphatic rings. The molecular weight excluding hydrogens is 168 g/mol. The van der Waals surface area contributed by atoms with E-state index >= 15 is 0 Å². The van der Waals surface area contributed by atoms with E-state index in [2.05, 4.69) is 11.8 Å². The lowest BCUT2D eigenvalue weighted by Gasteiger charge is -2.21. The van der Waals surface area contributed by atoms with E-state index in [-0.39, 0.29) is 6.04 Å². The fourth-order valence-electron chi connectivity index (χ4n) is 1.84. The van der Waals surface area contributed by atoms with Gasteiger partial charge in [0.15, 0.2) is 0 Å². The maximum atomic E-state index is 10.8. The van der Waals surface area contributed by atoms with Crippen LogP contribution in [0.25, 0.3) is 0 Å². The predicted molar refractivity (Wildman–Crippen MR) is 50.8 cm³/mol. The zero-order chi connectivity index (χ0) is 10.0. The minimum absolute atomic E-state index is 0.293. The number of carboxylic acids is 1. The molecule has 0 aliphatic carbocycles. The number of likely N-dealkylation sites (N-methyl/N-ethyl adjacent to an activating group) is 2. The van der Waals surface area contributed by atoms with Crippen molar-refractivity contribution in [2.24, 2.45) is 0 Å². The smallest absolute Gasteiger partial charge is 0.320 e. The summed E-state index contributed by atoms with van der Waals surface area (Å²) in [7, 11) is 3.92. The van der Waals surface area contributed by atoms with Gasteiger partial charge in [-0.3, -0.25) is 9.69 Å². The lowest BCUT2D eigenvalue weighted by Crippen LogP contribution is -2.33. The highest BCUT2D eigenvalue weighted by Gasteiger charge is 2.35. The van der Waals surface area contributed by atoms with Gasteiger partial charge >= 0.3 is 5.97 Å². The van der Waals surface area contributed by atoms with E-state index < -0.39 is 5.97 Å². The van der Waals surface area contributed by atoms with Crippen molar-refractivity contribution in [3.8, 4) is 0 Å². The van der Waals surface area contributed by atoms with Crippen LogP contribution in [0.3, 0.4) is 0 Å². The lowest BCUT2D eigenvalue weighted by atomic mass is 10.1. The topological polar surface area (TPSA) is 43.8 Å². The molecule has 0 amide bonds. The standard InChI is InChI=1S/C9H18N2O2/c1-4-10(2)7-5-8(9(12)13)11(3)6-7/h7-8H,4-6H2,1-3H3,(H,12,13). The number of rotatable bonds is 3. The summed E-state index contributed by atoms with van der Waals surface area (Å²) in [4.78, 5) is 14.9. The third kappa shape index (κ3) is 2.19. The molecule has 0 spiro atoms. The van der Waals surface area contributed by atoms with Crippen LogP contribution in [0.1, 0.15) is 13.3 Å². The number of carbonyl (C=O) groups is 1. The van der Waals surface area contributed by atoms with Gasteiger partial charge in [-0.2, -0.15) is 0 Å². The Morgan fingerprint density at radius 3 is 2.69 bits per heavy atom. The highest BCUT2D eigenvalue weighted by atomic mass is 16.4. The van der Waals surface area contributed by atoms with Crippen LogP contribution in [0.4, 0.5) is 0 Å². The molecule has 0 saturated carbocycles. The second-order valence-electron chi connectivity index (χ2n) is 3.76. The summed E-state index contributed by atoms with van der Waals surface area (Å²) in [6.07, 6.45) is 0.746. The first-order valence-electron chi connectivity index (χ1n) is 4.69. The summed E-state index contributed by atoms with van der Waals surface area (Å²) in [6.45, 7) is 3.93. The zero-order valence-corrected chi connectivity index (χ0v) is 8.53. The number of hydrogen-bond acceptors (Lipinski definition) is 3. The zero-order valence-electron chi connectivity index (χ0n) is 8.53. The minimum atomic E-state index is -0.700. The fraction of sp³-hybridized carbons (Fsp3) is 0.889. The van der Waals surface area contributed by atoms with Crippen molar-refractivity contribution in [3.63, 3.8) is 0 Å². The fourth-order valence-corrected chi connectivity index (χ4v) is 1.84. The van der Waals surface area contributed by atoms with Crippen LogP contribution in [-0.2, 0) is 4.79 Å². The highest BCUT2D eigenvalue weighted by molar-refractivity contribution is 5.73. The number of nitrogens with zero attached hydrogens (tertiary/aromatic N) is 2. The van der Waals surface area contributed by atoms with Gasteiger partial charge in [0, 0.05) is 12.6 Å². The molecule has 76 valence electrons. The first-order valence-corrected chi connectivity index (χ1v) is 4.69. The Morgan fingerprint density at radius 1 is 1.69 bits per heavy atom. The first-order chi connectivity index (χ1) is 6.06. The molecule has 2 unspecified atom stereocenters. The predicted octanol–water partition coefficient (Wildman–Crippen LogP) is 0.0954. The Bertz CT molecular complexity index is 196. The molecule has 1 fully saturated rings. The normalized spacial score (nSPS) is 29.8. The quantitative estimate of drug-likeness (QED) is 0.678. The monoisotopic (exact) mass is 186 g/mol. The molecule has 1 N–H and O–H groups in total. The maximum Gasteiger partial charge on any atom is 0.320 e. The van der Waals surface area contributed by atoms with Crippen LogP contribution >= 0.6 is 0 Å². The lowest BCUT2D eigenvalue weighted by molar-refractivity contribution is -0.141. The maximum absolute atomic E-state index is 10.8. The molecule has 1 rings (SSSR count). The summed E-state index contributed by atoms with van der Waals surface area (Å²) in [5.74, 6) is -0.700. The second kappa shape index (κ2) is 4.07. The van der Waals surface area contributed by atoms with Gasteiger partial charge < -0.3 is 10.0 Å². The Kier molecular flexibility index (Phi) is 3.27. The van der Waals surface area contributed by atoms with Crippen molar-refractivity contribution in [3.05, 3.63) is 0 Å². The van der Waals surface area contributed by atoms with Crippen molar-refractivity contribution in [2.45, 2.75) is 25.4 Å². The average molecular weight is 186 g/mol. The van der Waals surface area contributed by atoms with E-state index in [9.17, 15) is 4.79 Å². The number of aliphatic carboxylic acids is 1. The molecule has 0 radical (unpaired) electrons. The van der Waals surface area contributed by atoms with Gasteiger partial charge in [-0.15, -0.1) is 0 Å². The van der Waals surface area contributed by atoms with Gasteiger partial charge in [0.1, 0.15) is 6.04 Å². The molecule has 13 heavy (non-hydrogen) atoms. The number of carboxylic acid groups (broad SMARTS) is 1. The van der Waals surface area contributed by atoms with Gasteiger partial charge in [0.25, 0.3) is 0 Å². The number of hydrogen-bond donors (Lipinski definition) is 1. The molecular formula is C9H18N2O2. The van der Waals surface area contributed by atoms with Gasteiger partial charge in [0.2, 0.25) is 0 Å². The summed E-state index contributed by atoms with van der Waals surface area (Å²) >= 11 is 0. The molecule has 4 nitrogen and oxygen atoms in total. The third-order valence-corrected chi connectivity index (χ3v) is 2.93. The van der Waals surface area contributed by atoms with Crippen molar-refractivity contribution < 1.29 is 9.90 Å². The Balaban J connectivity index is 2.54. The van der Waals surface area contributed by atoms with Gasteiger partial charge in [-0.1, -0.05) is 6.92 Å². The second-order valence-corrected chi connectivity index (χ2v) is 3.76. The molecule has 0 aromatic heterocycles. The number of likely N-dealkylation sites (tertiary alicyclic amines) is 1. The Hall–Kier alpha value is -0.610. The van der Waals surface area contributed by atoms with E-state index in [1.165, 1.54) is 0 Å². The van der Waals surface area contributed by atoms with E-state index in [1.807, 2.05) is 19.0 Å². The van der Waals surface area contributed by atoms with E-state index in [4.69, 9.17) is 5.11 Å². The molecule has 4 heteroatoms. The molecule has 2 atom stereocenters. The highest BCUT2D eigenvalue weighted by Crippen LogP contribution is 2.19. The average Bonchev–Trinajstić information content (AvgIpc) is 2.46. The van der Waals surface area contributed by atoms with Gasteiger partial charge in [-0.05, 0) is 27.1 Å². The van der Waals surface area contributed by atoms with Crippen LogP contribution in [0.5, 0.6) is 0 Å². The Morgan fingerprint density at radius 2 is 2.31 bits per heavy atom. The summed E-state index contributed by atoms with van der Waals surface area (Å²) in [5.41, 5.74) is 0. The summed E-state index contributed by atoms with van der Waals surface area (Å²) < 4.78 is 0. The molecule has 0 bridgehead atoms. The largest absolute Gasteiger partial charge is 0.480 e. The van der Waals surface area contributed by atoms with Crippen molar-refractivity contribution >= 4 is 5.97 Å². The molecule has 0 aromatic carbocycles. The van der Waals surface area contributed by atoms with Gasteiger partial charge in [-0.25, -0.2) is 0 Å². The van der Waals surface area contributed by atoms with Crippen molar-refractivity contribution in [1.82, 2.24) is 9.80 Å². The molecule has 1 saturated heterocycles. The van der Waals surface area contributed by atoms with Crippen LogP contribution in [0.15, 0.2) is 0 Å². The minimum Gasteiger partial charge on any atom is -0.480 e. The van der Waals surface area contributed by atoms with Crippen LogP contribution in [-0.4, -0.2) is 60.1 Å². The first kappa shape index (κ1) is 10.5. The van der Waals surface area contributed by atoms with E-state index in [0.29, 0.717) is 6.04 Å². The van der Waals surface area contributed by atoms with Crippen LogP contribution in [0, 0.1) is 0 Å². The summed E-state index contributed by atoms with van der Waals surface area (Å²) in [5, 5.41) is 8.90. The van der Waals surface area contributed by atoms with Gasteiger partial charge in [0.05, 0.1) is 0 Å².